The fourth-order valence-electron chi connectivity index (χ4n) is 2.90. The molecule has 0 unspecified atom stereocenters. The monoisotopic (exact) mass is 441 g/mol. The molecule has 3 aromatic rings. The van der Waals surface area contributed by atoms with E-state index in [0.717, 1.165) is 18.2 Å². The first-order valence-electron chi connectivity index (χ1n) is 9.54. The molecule has 0 radical (unpaired) electrons. The van der Waals surface area contributed by atoms with E-state index < -0.39 is 29.7 Å². The van der Waals surface area contributed by atoms with Gasteiger partial charge in [-0.3, -0.25) is 9.59 Å². The van der Waals surface area contributed by atoms with Crippen molar-refractivity contribution in [3.05, 3.63) is 101 Å². The number of rotatable bonds is 6. The van der Waals surface area contributed by atoms with Crippen LogP contribution >= 0.6 is 0 Å². The maximum Gasteiger partial charge on any atom is 0.416 e. The molecule has 164 valence electrons. The molecule has 0 bridgehead atoms. The van der Waals surface area contributed by atoms with Gasteiger partial charge in [0.2, 0.25) is 0 Å². The Labute approximate surface area is 181 Å². The molecule has 32 heavy (non-hydrogen) atoms. The van der Waals surface area contributed by atoms with Crippen LogP contribution in [0.4, 0.5) is 18.9 Å². The van der Waals surface area contributed by atoms with Gasteiger partial charge in [0, 0.05) is 16.8 Å². The van der Waals surface area contributed by atoms with Gasteiger partial charge >= 0.3 is 12.1 Å². The van der Waals surface area contributed by atoms with E-state index >= 15 is 0 Å². The standard InChI is InChI=1S/C24H18F3NO4/c1-15(22(30)28-18-11-7-10-17(14-18)24(25,26)27)32-23(31)20-13-6-5-12-19(20)21(29)16-8-3-2-4-9-16/h2-15H,1H3,(H,28,30)/t15-/m0/s1. The molecule has 0 aliphatic heterocycles. The van der Waals surface area contributed by atoms with E-state index in [9.17, 15) is 27.6 Å². The lowest BCUT2D eigenvalue weighted by Gasteiger charge is -2.15. The summed E-state index contributed by atoms with van der Waals surface area (Å²) in [5.74, 6) is -2.11. The highest BCUT2D eigenvalue weighted by atomic mass is 19.4. The van der Waals surface area contributed by atoms with Crippen LogP contribution in [0.2, 0.25) is 0 Å². The number of halogens is 3. The van der Waals surface area contributed by atoms with Gasteiger partial charge in [-0.25, -0.2) is 4.79 Å². The molecule has 5 nitrogen and oxygen atoms in total. The summed E-state index contributed by atoms with van der Waals surface area (Å²) < 4.78 is 43.7. The van der Waals surface area contributed by atoms with Gasteiger partial charge in [0.25, 0.3) is 5.91 Å². The number of benzene rings is 3. The fourth-order valence-corrected chi connectivity index (χ4v) is 2.90. The van der Waals surface area contributed by atoms with E-state index in [1.165, 1.54) is 25.1 Å². The Hall–Kier alpha value is -3.94. The number of ether oxygens (including phenoxy) is 1. The summed E-state index contributed by atoms with van der Waals surface area (Å²) in [6.45, 7) is 1.28. The lowest BCUT2D eigenvalue weighted by atomic mass is 9.98. The van der Waals surface area contributed by atoms with Crippen molar-refractivity contribution in [2.24, 2.45) is 0 Å². The van der Waals surface area contributed by atoms with E-state index in [0.29, 0.717) is 5.56 Å². The molecule has 0 spiro atoms. The first-order valence-corrected chi connectivity index (χ1v) is 9.54. The molecule has 1 amide bonds. The topological polar surface area (TPSA) is 72.5 Å². The van der Waals surface area contributed by atoms with Crippen LogP contribution in [0.5, 0.6) is 0 Å². The number of hydrogen-bond donors (Lipinski definition) is 1. The average molecular weight is 441 g/mol. The molecule has 0 aromatic heterocycles. The Morgan fingerprint density at radius 3 is 2.12 bits per heavy atom. The molecule has 1 N–H and O–H groups in total. The Bertz CT molecular complexity index is 1140. The first kappa shape index (κ1) is 22.7. The molecule has 3 aromatic carbocycles. The van der Waals surface area contributed by atoms with Gasteiger partial charge in [0.15, 0.2) is 11.9 Å². The third-order valence-electron chi connectivity index (χ3n) is 4.54. The number of ketones is 1. The number of carbonyl (C=O) groups excluding carboxylic acids is 3. The summed E-state index contributed by atoms with van der Waals surface area (Å²) in [5, 5.41) is 2.29. The third-order valence-corrected chi connectivity index (χ3v) is 4.54. The van der Waals surface area contributed by atoms with Crippen molar-refractivity contribution >= 4 is 23.3 Å². The highest BCUT2D eigenvalue weighted by Gasteiger charge is 2.31. The molecular weight excluding hydrogens is 423 g/mol. The summed E-state index contributed by atoms with van der Waals surface area (Å²) in [5.41, 5.74) is -0.557. The zero-order valence-corrected chi connectivity index (χ0v) is 16.8. The Morgan fingerprint density at radius 1 is 0.844 bits per heavy atom. The summed E-state index contributed by atoms with van der Waals surface area (Å²) in [6, 6.07) is 18.4. The maximum absolute atomic E-state index is 12.8. The van der Waals surface area contributed by atoms with E-state index in [-0.39, 0.29) is 22.6 Å². The summed E-state index contributed by atoms with van der Waals surface area (Å²) in [6.07, 6.45) is -5.88. The van der Waals surface area contributed by atoms with Crippen LogP contribution in [0.3, 0.4) is 0 Å². The van der Waals surface area contributed by atoms with Crippen molar-refractivity contribution in [3.8, 4) is 0 Å². The highest BCUT2D eigenvalue weighted by Crippen LogP contribution is 2.30. The van der Waals surface area contributed by atoms with Gasteiger partial charge in [-0.2, -0.15) is 13.2 Å². The molecule has 0 saturated carbocycles. The molecule has 1 atom stereocenters. The van der Waals surface area contributed by atoms with Gasteiger partial charge in [0.05, 0.1) is 11.1 Å². The van der Waals surface area contributed by atoms with Crippen molar-refractivity contribution < 1.29 is 32.3 Å². The molecule has 3 rings (SSSR count). The summed E-state index contributed by atoms with van der Waals surface area (Å²) in [4.78, 5) is 37.8. The smallest absolute Gasteiger partial charge is 0.416 e. The molecule has 8 heteroatoms. The van der Waals surface area contributed by atoms with Crippen molar-refractivity contribution in [3.63, 3.8) is 0 Å². The predicted molar refractivity (Wildman–Crippen MR) is 111 cm³/mol. The second-order valence-electron chi connectivity index (χ2n) is 6.86. The van der Waals surface area contributed by atoms with E-state index in [1.807, 2.05) is 0 Å². The molecule has 0 aliphatic rings. The number of nitrogens with one attached hydrogen (secondary N) is 1. The molecule has 0 fully saturated rings. The fraction of sp³-hybridized carbons (Fsp3) is 0.125. The van der Waals surface area contributed by atoms with Crippen molar-refractivity contribution in [2.75, 3.05) is 5.32 Å². The number of hydrogen-bond acceptors (Lipinski definition) is 4. The van der Waals surface area contributed by atoms with Gasteiger partial charge in [0.1, 0.15) is 0 Å². The third kappa shape index (κ3) is 5.40. The first-order chi connectivity index (χ1) is 15.2. The summed E-state index contributed by atoms with van der Waals surface area (Å²) in [7, 11) is 0. The van der Waals surface area contributed by atoms with Gasteiger partial charge in [-0.05, 0) is 31.2 Å². The minimum Gasteiger partial charge on any atom is -0.449 e. The molecular formula is C24H18F3NO4. The van der Waals surface area contributed by atoms with Crippen molar-refractivity contribution in [2.45, 2.75) is 19.2 Å². The largest absolute Gasteiger partial charge is 0.449 e. The van der Waals surface area contributed by atoms with Crippen LogP contribution in [0.1, 0.15) is 38.8 Å². The average Bonchev–Trinajstić information content (AvgIpc) is 2.78. The Balaban J connectivity index is 1.73. The quantitative estimate of drug-likeness (QED) is 0.426. The van der Waals surface area contributed by atoms with E-state index in [1.54, 1.807) is 42.5 Å². The zero-order chi connectivity index (χ0) is 23.3. The number of amides is 1. The number of anilines is 1. The molecule has 0 saturated heterocycles. The second-order valence-corrected chi connectivity index (χ2v) is 6.86. The molecule has 0 aliphatic carbocycles. The Morgan fingerprint density at radius 2 is 1.47 bits per heavy atom. The Kier molecular flexibility index (Phi) is 6.73. The van der Waals surface area contributed by atoms with Crippen molar-refractivity contribution in [1.29, 1.82) is 0 Å². The van der Waals surface area contributed by atoms with Gasteiger partial charge in [-0.15, -0.1) is 0 Å². The lowest BCUT2D eigenvalue weighted by molar-refractivity contribution is -0.137. The minimum absolute atomic E-state index is 0.0277. The number of alkyl halides is 3. The number of carbonyl (C=O) groups is 3. The normalized spacial score (nSPS) is 12.0. The van der Waals surface area contributed by atoms with Crippen LogP contribution in [-0.2, 0) is 15.7 Å². The number of esters is 1. The zero-order valence-electron chi connectivity index (χ0n) is 16.8. The van der Waals surface area contributed by atoms with Gasteiger partial charge < -0.3 is 10.1 Å². The van der Waals surface area contributed by atoms with Crippen LogP contribution < -0.4 is 5.32 Å². The lowest BCUT2D eigenvalue weighted by Crippen LogP contribution is -2.30. The summed E-state index contributed by atoms with van der Waals surface area (Å²) >= 11 is 0. The van der Waals surface area contributed by atoms with E-state index in [4.69, 9.17) is 4.74 Å². The SMILES string of the molecule is C[C@H](OC(=O)c1ccccc1C(=O)c1ccccc1)C(=O)Nc1cccc(C(F)(F)F)c1. The minimum atomic E-state index is -4.56. The molecule has 0 heterocycles. The van der Waals surface area contributed by atoms with Crippen LogP contribution in [-0.4, -0.2) is 23.8 Å². The van der Waals surface area contributed by atoms with Crippen LogP contribution in [0.15, 0.2) is 78.9 Å². The van der Waals surface area contributed by atoms with Crippen molar-refractivity contribution in [1.82, 2.24) is 0 Å². The van der Waals surface area contributed by atoms with Crippen LogP contribution in [0, 0.1) is 0 Å². The highest BCUT2D eigenvalue weighted by molar-refractivity contribution is 6.14. The maximum atomic E-state index is 12.8. The van der Waals surface area contributed by atoms with E-state index in [2.05, 4.69) is 5.32 Å². The van der Waals surface area contributed by atoms with Gasteiger partial charge in [-0.1, -0.05) is 54.6 Å². The van der Waals surface area contributed by atoms with Crippen LogP contribution in [0.25, 0.3) is 0 Å². The second kappa shape index (κ2) is 9.47. The predicted octanol–water partition coefficient (Wildman–Crippen LogP) is 5.12.